The molecule has 3 aromatic rings. The number of rotatable bonds is 2. The molecule has 3 heterocycles. The summed E-state index contributed by atoms with van der Waals surface area (Å²) in [5.41, 5.74) is 7.82. The summed E-state index contributed by atoms with van der Waals surface area (Å²) in [5, 5.41) is 5.19. The van der Waals surface area contributed by atoms with Crippen LogP contribution < -0.4 is 10.6 Å². The second kappa shape index (κ2) is 7.17. The molecule has 1 saturated heterocycles. The second-order valence-corrected chi connectivity index (χ2v) is 6.10. The number of aromatic nitrogens is 4. The van der Waals surface area contributed by atoms with E-state index in [0.29, 0.717) is 24.3 Å². The minimum atomic E-state index is 0. The number of carbonyl (C=O) groups is 1. The normalized spacial score (nSPS) is 14.3. The van der Waals surface area contributed by atoms with E-state index in [0.717, 1.165) is 29.9 Å². The standard InChI is InChI=1S/C17H19N7O.ClH/c1-22-15-14(10-21-22)16(20-11-19-15)23-6-8-24(9-7-23)17(25)12-2-4-13(18)5-3-12;/h2-5,10-11H,6-9,18H2,1H3;1H. The van der Waals surface area contributed by atoms with Gasteiger partial charge in [-0.3, -0.25) is 9.48 Å². The van der Waals surface area contributed by atoms with Crippen LogP contribution >= 0.6 is 12.4 Å². The molecule has 1 amide bonds. The van der Waals surface area contributed by atoms with Crippen molar-refractivity contribution in [3.05, 3.63) is 42.4 Å². The van der Waals surface area contributed by atoms with E-state index >= 15 is 0 Å². The number of piperazine rings is 1. The maximum Gasteiger partial charge on any atom is 0.253 e. The molecule has 0 unspecified atom stereocenters. The van der Waals surface area contributed by atoms with Gasteiger partial charge in [-0.25, -0.2) is 9.97 Å². The summed E-state index contributed by atoms with van der Waals surface area (Å²) < 4.78 is 1.74. The van der Waals surface area contributed by atoms with Crippen molar-refractivity contribution < 1.29 is 4.79 Å². The molecule has 8 nitrogen and oxygen atoms in total. The Hall–Kier alpha value is -2.87. The lowest BCUT2D eigenvalue weighted by Gasteiger charge is -2.35. The van der Waals surface area contributed by atoms with Crippen LogP contribution in [0.25, 0.3) is 11.0 Å². The fourth-order valence-corrected chi connectivity index (χ4v) is 3.13. The molecule has 0 radical (unpaired) electrons. The Balaban J connectivity index is 0.00000196. The molecule has 0 bridgehead atoms. The van der Waals surface area contributed by atoms with Crippen molar-refractivity contribution in [3.8, 4) is 0 Å². The first-order valence-electron chi connectivity index (χ1n) is 8.16. The van der Waals surface area contributed by atoms with Gasteiger partial charge in [0, 0.05) is 44.5 Å². The Labute approximate surface area is 157 Å². The molecule has 2 N–H and O–H groups in total. The Kier molecular flexibility index (Phi) is 4.94. The van der Waals surface area contributed by atoms with Crippen molar-refractivity contribution in [2.24, 2.45) is 7.05 Å². The predicted octanol–water partition coefficient (Wildman–Crippen LogP) is 1.33. The third-order valence-corrected chi connectivity index (χ3v) is 4.53. The Morgan fingerprint density at radius 2 is 1.77 bits per heavy atom. The van der Waals surface area contributed by atoms with Gasteiger partial charge in [-0.05, 0) is 24.3 Å². The first-order chi connectivity index (χ1) is 12.1. The van der Waals surface area contributed by atoms with Crippen LogP contribution in [0.2, 0.25) is 0 Å². The number of nitrogen functional groups attached to an aromatic ring is 1. The average Bonchev–Trinajstić information content (AvgIpc) is 3.03. The number of amides is 1. The highest BCUT2D eigenvalue weighted by molar-refractivity contribution is 5.95. The average molecular weight is 374 g/mol. The Bertz CT molecular complexity index is 917. The van der Waals surface area contributed by atoms with Crippen LogP contribution in [-0.2, 0) is 7.05 Å². The molecule has 1 aliphatic rings. The predicted molar refractivity (Wildman–Crippen MR) is 103 cm³/mol. The van der Waals surface area contributed by atoms with Crippen molar-refractivity contribution in [1.82, 2.24) is 24.6 Å². The highest BCUT2D eigenvalue weighted by Gasteiger charge is 2.24. The molecule has 2 aromatic heterocycles. The van der Waals surface area contributed by atoms with Gasteiger partial charge in [0.15, 0.2) is 5.65 Å². The summed E-state index contributed by atoms with van der Waals surface area (Å²) in [6.45, 7) is 2.74. The van der Waals surface area contributed by atoms with Crippen LogP contribution in [0.15, 0.2) is 36.8 Å². The van der Waals surface area contributed by atoms with E-state index in [1.165, 1.54) is 0 Å². The van der Waals surface area contributed by atoms with Crippen LogP contribution in [0.1, 0.15) is 10.4 Å². The third-order valence-electron chi connectivity index (χ3n) is 4.53. The molecule has 26 heavy (non-hydrogen) atoms. The van der Waals surface area contributed by atoms with Gasteiger partial charge in [0.25, 0.3) is 5.91 Å². The number of carbonyl (C=O) groups excluding carboxylic acids is 1. The smallest absolute Gasteiger partial charge is 0.253 e. The summed E-state index contributed by atoms with van der Waals surface area (Å²) in [5.74, 6) is 0.909. The van der Waals surface area contributed by atoms with E-state index in [2.05, 4.69) is 20.0 Å². The third kappa shape index (κ3) is 3.15. The highest BCUT2D eigenvalue weighted by atomic mass is 35.5. The molecule has 0 spiro atoms. The van der Waals surface area contributed by atoms with Crippen molar-refractivity contribution in [2.75, 3.05) is 36.8 Å². The molecule has 4 rings (SSSR count). The van der Waals surface area contributed by atoms with Gasteiger partial charge >= 0.3 is 0 Å². The number of nitrogens with zero attached hydrogens (tertiary/aromatic N) is 6. The lowest BCUT2D eigenvalue weighted by molar-refractivity contribution is 0.0746. The monoisotopic (exact) mass is 373 g/mol. The first-order valence-corrected chi connectivity index (χ1v) is 8.16. The summed E-state index contributed by atoms with van der Waals surface area (Å²) in [6.07, 6.45) is 3.35. The Morgan fingerprint density at radius 1 is 1.08 bits per heavy atom. The van der Waals surface area contributed by atoms with Crippen LogP contribution in [-0.4, -0.2) is 56.7 Å². The van der Waals surface area contributed by atoms with Crippen LogP contribution in [0.3, 0.4) is 0 Å². The minimum Gasteiger partial charge on any atom is -0.399 e. The highest BCUT2D eigenvalue weighted by Crippen LogP contribution is 2.23. The number of hydrogen-bond acceptors (Lipinski definition) is 6. The molecule has 136 valence electrons. The maximum absolute atomic E-state index is 12.6. The molecular formula is C17H20ClN7O. The molecule has 0 aliphatic carbocycles. The SMILES string of the molecule is Cl.Cn1ncc2c(N3CCN(C(=O)c4ccc(N)cc4)CC3)ncnc21. The van der Waals surface area contributed by atoms with E-state index in [9.17, 15) is 4.79 Å². The number of halogens is 1. The molecular weight excluding hydrogens is 354 g/mol. The summed E-state index contributed by atoms with van der Waals surface area (Å²) in [4.78, 5) is 25.3. The lowest BCUT2D eigenvalue weighted by Crippen LogP contribution is -2.49. The van der Waals surface area contributed by atoms with Crippen molar-refractivity contribution in [3.63, 3.8) is 0 Å². The fraction of sp³-hybridized carbons (Fsp3) is 0.294. The number of anilines is 2. The number of aryl methyl sites for hydroxylation is 1. The van der Waals surface area contributed by atoms with E-state index in [1.54, 1.807) is 41.5 Å². The number of nitrogens with two attached hydrogens (primary N) is 1. The lowest BCUT2D eigenvalue weighted by atomic mass is 10.1. The van der Waals surface area contributed by atoms with E-state index in [-0.39, 0.29) is 18.3 Å². The summed E-state index contributed by atoms with van der Waals surface area (Å²) in [6, 6.07) is 7.05. The van der Waals surface area contributed by atoms with Gasteiger partial charge in [-0.15, -0.1) is 12.4 Å². The fourth-order valence-electron chi connectivity index (χ4n) is 3.13. The van der Waals surface area contributed by atoms with E-state index in [1.807, 2.05) is 11.9 Å². The first kappa shape index (κ1) is 17.9. The van der Waals surface area contributed by atoms with Gasteiger partial charge in [-0.2, -0.15) is 5.10 Å². The quantitative estimate of drug-likeness (QED) is 0.681. The molecule has 9 heteroatoms. The van der Waals surface area contributed by atoms with Gasteiger partial charge < -0.3 is 15.5 Å². The zero-order chi connectivity index (χ0) is 17.4. The molecule has 1 fully saturated rings. The molecule has 0 atom stereocenters. The van der Waals surface area contributed by atoms with Gasteiger partial charge in [-0.1, -0.05) is 0 Å². The van der Waals surface area contributed by atoms with Crippen molar-refractivity contribution in [2.45, 2.75) is 0 Å². The molecule has 1 aliphatic heterocycles. The minimum absolute atomic E-state index is 0. The van der Waals surface area contributed by atoms with E-state index < -0.39 is 0 Å². The van der Waals surface area contributed by atoms with Gasteiger partial charge in [0.05, 0.1) is 11.6 Å². The maximum atomic E-state index is 12.6. The summed E-state index contributed by atoms with van der Waals surface area (Å²) in [7, 11) is 1.86. The van der Waals surface area contributed by atoms with Crippen LogP contribution in [0.5, 0.6) is 0 Å². The molecule has 0 saturated carbocycles. The number of benzene rings is 1. The van der Waals surface area contributed by atoms with E-state index in [4.69, 9.17) is 5.73 Å². The van der Waals surface area contributed by atoms with Gasteiger partial charge in [0.1, 0.15) is 12.1 Å². The molecule has 1 aromatic carbocycles. The zero-order valence-electron chi connectivity index (χ0n) is 14.4. The van der Waals surface area contributed by atoms with Gasteiger partial charge in [0.2, 0.25) is 0 Å². The topological polar surface area (TPSA) is 93.2 Å². The zero-order valence-corrected chi connectivity index (χ0v) is 15.2. The second-order valence-electron chi connectivity index (χ2n) is 6.10. The van der Waals surface area contributed by atoms with Crippen molar-refractivity contribution >= 4 is 40.9 Å². The van der Waals surface area contributed by atoms with Crippen LogP contribution in [0, 0.1) is 0 Å². The van der Waals surface area contributed by atoms with Crippen LogP contribution in [0.4, 0.5) is 11.5 Å². The number of hydrogen-bond donors (Lipinski definition) is 1. The Morgan fingerprint density at radius 3 is 2.46 bits per heavy atom. The number of fused-ring (bicyclic) bond motifs is 1. The largest absolute Gasteiger partial charge is 0.399 e. The summed E-state index contributed by atoms with van der Waals surface area (Å²) >= 11 is 0. The van der Waals surface area contributed by atoms with Crippen molar-refractivity contribution in [1.29, 1.82) is 0 Å².